The molecule has 8 aromatic rings. The predicted octanol–water partition coefficient (Wildman–Crippen LogP) is 8.65. The molecule has 0 bridgehead atoms. The largest absolute Gasteiger partial charge is 0.422 e. The van der Waals surface area contributed by atoms with Crippen LogP contribution in [0.25, 0.3) is 21.8 Å². The quantitative estimate of drug-likeness (QED) is 0.0409. The Morgan fingerprint density at radius 2 is 0.792 bits per heavy atom. The molecule has 2 atom stereocenters. The summed E-state index contributed by atoms with van der Waals surface area (Å²) in [5.74, 6) is 0. The van der Waals surface area contributed by atoms with Crippen molar-refractivity contribution in [2.24, 2.45) is 0 Å². The van der Waals surface area contributed by atoms with Gasteiger partial charge in [-0.25, -0.2) is 26.3 Å². The number of nitrogens with one attached hydrogen (secondary N) is 2. The third-order valence-electron chi connectivity index (χ3n) is 11.5. The summed E-state index contributed by atoms with van der Waals surface area (Å²) >= 11 is 0. The fraction of sp³-hybridized carbons (Fsp3) is 0.167. The van der Waals surface area contributed by atoms with Crippen molar-refractivity contribution in [1.29, 1.82) is 0 Å². The summed E-state index contributed by atoms with van der Waals surface area (Å²) < 4.78 is 143. The second-order valence-electron chi connectivity index (χ2n) is 16.2. The average Bonchev–Trinajstić information content (AvgIpc) is 3.90. The molecule has 0 aliphatic rings. The molecule has 0 aliphatic heterocycles. The van der Waals surface area contributed by atoms with Gasteiger partial charge in [0.2, 0.25) is 31.2 Å². The fourth-order valence-electron chi connectivity index (χ4n) is 7.73. The number of sulfonamides is 2. The molecular weight excluding hydrogens is 999 g/mol. The van der Waals surface area contributed by atoms with Crippen LogP contribution in [0.15, 0.2) is 180 Å². The van der Waals surface area contributed by atoms with Crippen LogP contribution in [0.2, 0.25) is 0 Å². The fourth-order valence-corrected chi connectivity index (χ4v) is 9.89. The van der Waals surface area contributed by atoms with Gasteiger partial charge in [0, 0.05) is 71.6 Å². The summed E-state index contributed by atoms with van der Waals surface area (Å²) in [5, 5.41) is 44.4. The summed E-state index contributed by atoms with van der Waals surface area (Å²) in [7, 11) is -8.76. The molecule has 0 saturated heterocycles. The zero-order valence-electron chi connectivity index (χ0n) is 37.0. The number of nitro benzene ring substituents is 2. The number of fused-ring (bicyclic) bond motifs is 2. The predicted molar refractivity (Wildman–Crippen MR) is 251 cm³/mol. The van der Waals surface area contributed by atoms with Crippen LogP contribution in [0, 0.1) is 20.2 Å². The molecular formula is C48H40F6N6O10S2. The van der Waals surface area contributed by atoms with E-state index < -0.39 is 77.7 Å². The molecule has 2 aromatic heterocycles. The SMILES string of the molecule is O=[N+]([O-])c1ccc2c(C(O)(CNS(=O)(=O)c3ccccc3)C(F)(F)F)cn(Cc3ccccc3)c2c1.O=[N+]([O-])c1ccc2c(C(O)(CNS(=O)(=O)c3ccccc3)C(F)(F)F)cn(Cc3ccccc3)c2c1. The maximum Gasteiger partial charge on any atom is 0.422 e. The maximum absolute atomic E-state index is 14.3. The van der Waals surface area contributed by atoms with Gasteiger partial charge >= 0.3 is 12.4 Å². The Kier molecular flexibility index (Phi) is 14.8. The van der Waals surface area contributed by atoms with Crippen molar-refractivity contribution in [3.63, 3.8) is 0 Å². The monoisotopic (exact) mass is 1040 g/mol. The molecule has 24 heteroatoms. The Morgan fingerprint density at radius 3 is 1.08 bits per heavy atom. The minimum atomic E-state index is -5.29. The third kappa shape index (κ3) is 11.0. The number of aliphatic hydroxyl groups is 2. The van der Waals surface area contributed by atoms with Crippen LogP contribution in [0.4, 0.5) is 37.7 Å². The highest BCUT2D eigenvalue weighted by atomic mass is 32.2. The molecule has 16 nitrogen and oxygen atoms in total. The Morgan fingerprint density at radius 1 is 0.486 bits per heavy atom. The molecule has 4 N–H and O–H groups in total. The number of aromatic nitrogens is 2. The minimum Gasteiger partial charge on any atom is -0.375 e. The van der Waals surface area contributed by atoms with Gasteiger partial charge < -0.3 is 19.3 Å². The molecule has 72 heavy (non-hydrogen) atoms. The van der Waals surface area contributed by atoms with Crippen LogP contribution >= 0.6 is 0 Å². The van der Waals surface area contributed by atoms with Crippen LogP contribution in [-0.4, -0.2) is 71.5 Å². The highest BCUT2D eigenvalue weighted by Gasteiger charge is 2.58. The zero-order chi connectivity index (χ0) is 52.3. The lowest BCUT2D eigenvalue weighted by atomic mass is 9.92. The number of alkyl halides is 6. The molecule has 0 aliphatic carbocycles. The van der Waals surface area contributed by atoms with Crippen molar-refractivity contribution in [2.75, 3.05) is 13.1 Å². The number of nitro groups is 2. The van der Waals surface area contributed by atoms with Crippen LogP contribution in [0.3, 0.4) is 0 Å². The van der Waals surface area contributed by atoms with Crippen molar-refractivity contribution in [1.82, 2.24) is 18.6 Å². The van der Waals surface area contributed by atoms with Gasteiger partial charge in [0.25, 0.3) is 11.4 Å². The summed E-state index contributed by atoms with van der Waals surface area (Å²) in [6.45, 7) is -2.70. The van der Waals surface area contributed by atoms with Crippen molar-refractivity contribution >= 4 is 53.2 Å². The molecule has 376 valence electrons. The lowest BCUT2D eigenvalue weighted by molar-refractivity contribution is -0.384. The number of non-ortho nitro benzene ring substituents is 2. The van der Waals surface area contributed by atoms with E-state index in [1.54, 1.807) is 72.8 Å². The van der Waals surface area contributed by atoms with E-state index >= 15 is 0 Å². The number of benzene rings is 6. The second kappa shape index (κ2) is 20.3. The van der Waals surface area contributed by atoms with E-state index in [2.05, 4.69) is 0 Å². The molecule has 0 radical (unpaired) electrons. The lowest BCUT2D eigenvalue weighted by Gasteiger charge is -2.30. The highest BCUT2D eigenvalue weighted by Crippen LogP contribution is 2.45. The molecule has 0 spiro atoms. The summed E-state index contributed by atoms with van der Waals surface area (Å²) in [6.07, 6.45) is -8.49. The van der Waals surface area contributed by atoms with Gasteiger partial charge in [0.1, 0.15) is 0 Å². The van der Waals surface area contributed by atoms with E-state index in [1.807, 2.05) is 9.44 Å². The third-order valence-corrected chi connectivity index (χ3v) is 14.4. The number of rotatable bonds is 16. The van der Waals surface area contributed by atoms with Crippen molar-refractivity contribution < 1.29 is 63.2 Å². The molecule has 2 unspecified atom stereocenters. The molecule has 0 amide bonds. The van der Waals surface area contributed by atoms with Crippen molar-refractivity contribution in [3.05, 3.63) is 213 Å². The van der Waals surface area contributed by atoms with Gasteiger partial charge in [-0.15, -0.1) is 0 Å². The molecule has 8 rings (SSSR count). The number of hydrogen-bond donors (Lipinski definition) is 4. The van der Waals surface area contributed by atoms with E-state index in [0.29, 0.717) is 11.1 Å². The Balaban J connectivity index is 0.000000211. The topological polar surface area (TPSA) is 229 Å². The maximum atomic E-state index is 14.3. The number of hydrogen-bond acceptors (Lipinski definition) is 10. The Bertz CT molecular complexity index is 3240. The summed E-state index contributed by atoms with van der Waals surface area (Å²) in [4.78, 5) is 20.7. The van der Waals surface area contributed by atoms with E-state index in [4.69, 9.17) is 0 Å². The summed E-state index contributed by atoms with van der Waals surface area (Å²) in [5.41, 5.74) is -7.66. The molecule has 0 saturated carbocycles. The van der Waals surface area contributed by atoms with E-state index in [9.17, 15) is 73.6 Å². The number of nitrogens with zero attached hydrogens (tertiary/aromatic N) is 4. The zero-order valence-corrected chi connectivity index (χ0v) is 38.7. The minimum absolute atomic E-state index is 0.0577. The van der Waals surface area contributed by atoms with Crippen molar-refractivity contribution in [3.8, 4) is 0 Å². The van der Waals surface area contributed by atoms with E-state index in [0.717, 1.165) is 48.8 Å². The number of halogens is 6. The lowest BCUT2D eigenvalue weighted by Crippen LogP contribution is -2.51. The Labute approximate surface area is 405 Å². The average molecular weight is 1040 g/mol. The van der Waals surface area contributed by atoms with Gasteiger partial charge in [-0.05, 0) is 47.5 Å². The highest BCUT2D eigenvalue weighted by molar-refractivity contribution is 7.89. The second-order valence-corrected chi connectivity index (χ2v) is 19.8. The first-order chi connectivity index (χ1) is 33.8. The Hall–Kier alpha value is -7.48. The van der Waals surface area contributed by atoms with Gasteiger partial charge in [-0.2, -0.15) is 26.3 Å². The first kappa shape index (κ1) is 52.3. The van der Waals surface area contributed by atoms with Crippen LogP contribution < -0.4 is 9.44 Å². The molecule has 6 aromatic carbocycles. The van der Waals surface area contributed by atoms with Gasteiger partial charge in [0.05, 0.1) is 43.8 Å². The van der Waals surface area contributed by atoms with Crippen molar-refractivity contribution in [2.45, 2.75) is 46.4 Å². The van der Waals surface area contributed by atoms with Crippen LogP contribution in [0.5, 0.6) is 0 Å². The van der Waals surface area contributed by atoms with Crippen LogP contribution in [-0.2, 0) is 44.3 Å². The first-order valence-corrected chi connectivity index (χ1v) is 24.1. The molecule has 0 fully saturated rings. The summed E-state index contributed by atoms with van der Waals surface area (Å²) in [6, 6.07) is 37.5. The standard InChI is InChI=1S/2C24H20F3N3O5S/c2*25-24(26,27)23(31,16-28-36(34,35)19-9-5-2-6-10-19)21-15-29(14-17-7-3-1-4-8-17)22-13-18(30(32)33)11-12-20(21)22/h2*1-13,15,28,31H,14,16H2. The van der Waals surface area contributed by atoms with Gasteiger partial charge in [-0.3, -0.25) is 20.2 Å². The smallest absolute Gasteiger partial charge is 0.375 e. The van der Waals surface area contributed by atoms with Crippen LogP contribution in [0.1, 0.15) is 22.3 Å². The molecule has 2 heterocycles. The van der Waals surface area contributed by atoms with E-state index in [-0.39, 0.29) is 56.1 Å². The van der Waals surface area contributed by atoms with Gasteiger partial charge in [-0.1, -0.05) is 97.1 Å². The first-order valence-electron chi connectivity index (χ1n) is 21.2. The normalized spacial score (nSPS) is 14.0. The van der Waals surface area contributed by atoms with Gasteiger partial charge in [0.15, 0.2) is 0 Å². The van der Waals surface area contributed by atoms with E-state index in [1.165, 1.54) is 57.7 Å².